The Morgan fingerprint density at radius 1 is 1.36 bits per heavy atom. The van der Waals surface area contributed by atoms with Crippen LogP contribution in [0.5, 0.6) is 0 Å². The summed E-state index contributed by atoms with van der Waals surface area (Å²) in [5, 5.41) is 7.99. The Kier molecular flexibility index (Phi) is 2.17. The molecule has 0 amide bonds. The topological polar surface area (TPSA) is 69.1 Å². The molecule has 0 saturated heterocycles. The van der Waals surface area contributed by atoms with Crippen molar-refractivity contribution in [3.8, 4) is 0 Å². The van der Waals surface area contributed by atoms with Crippen LogP contribution in [-0.4, -0.2) is 19.6 Å². The molecule has 0 spiro atoms. The van der Waals surface area contributed by atoms with E-state index >= 15 is 0 Å². The van der Waals surface area contributed by atoms with Crippen molar-refractivity contribution in [3.05, 3.63) is 24.3 Å². The fraction of sp³-hybridized carbons (Fsp3) is 0.444. The Morgan fingerprint density at radius 3 is 2.86 bits per heavy atom. The molecule has 5 nitrogen and oxygen atoms in total. The number of hydrogen-bond acceptors (Lipinski definition) is 4. The zero-order chi connectivity index (χ0) is 10.1. The minimum absolute atomic E-state index is 0.103. The second kappa shape index (κ2) is 3.34. The zero-order valence-corrected chi connectivity index (χ0v) is 8.25. The van der Waals surface area contributed by atoms with E-state index in [1.165, 1.54) is 0 Å². The SMILES string of the molecule is CC(C)C(N)c1nnc2ncccn12. The maximum absolute atomic E-state index is 6.00. The van der Waals surface area contributed by atoms with Crippen molar-refractivity contribution in [3.63, 3.8) is 0 Å². The average Bonchev–Trinajstić information content (AvgIpc) is 2.60. The zero-order valence-electron chi connectivity index (χ0n) is 8.25. The van der Waals surface area contributed by atoms with Crippen molar-refractivity contribution < 1.29 is 0 Å². The lowest BCUT2D eigenvalue weighted by Gasteiger charge is -2.12. The van der Waals surface area contributed by atoms with Crippen molar-refractivity contribution in [2.45, 2.75) is 19.9 Å². The van der Waals surface area contributed by atoms with E-state index in [0.717, 1.165) is 5.82 Å². The molecule has 5 heteroatoms. The Morgan fingerprint density at radius 2 is 2.14 bits per heavy atom. The lowest BCUT2D eigenvalue weighted by atomic mass is 10.1. The van der Waals surface area contributed by atoms with Crippen LogP contribution in [0, 0.1) is 5.92 Å². The highest BCUT2D eigenvalue weighted by Gasteiger charge is 2.16. The van der Waals surface area contributed by atoms with E-state index in [-0.39, 0.29) is 6.04 Å². The van der Waals surface area contributed by atoms with Gasteiger partial charge in [0.2, 0.25) is 0 Å². The van der Waals surface area contributed by atoms with Gasteiger partial charge in [0.1, 0.15) is 0 Å². The smallest absolute Gasteiger partial charge is 0.254 e. The molecule has 2 N–H and O–H groups in total. The Hall–Kier alpha value is -1.49. The van der Waals surface area contributed by atoms with Crippen molar-refractivity contribution >= 4 is 5.78 Å². The van der Waals surface area contributed by atoms with Gasteiger partial charge in [-0.25, -0.2) is 4.98 Å². The first-order valence-corrected chi connectivity index (χ1v) is 4.61. The highest BCUT2D eigenvalue weighted by Crippen LogP contribution is 2.16. The average molecular weight is 191 g/mol. The van der Waals surface area contributed by atoms with E-state index in [9.17, 15) is 0 Å². The molecule has 2 rings (SSSR count). The summed E-state index contributed by atoms with van der Waals surface area (Å²) in [7, 11) is 0. The maximum atomic E-state index is 6.00. The third-order valence-electron chi connectivity index (χ3n) is 2.23. The highest BCUT2D eigenvalue weighted by atomic mass is 15.3. The van der Waals surface area contributed by atoms with Crippen LogP contribution in [-0.2, 0) is 0 Å². The molecule has 1 atom stereocenters. The molecule has 1 unspecified atom stereocenters. The molecule has 0 saturated carbocycles. The summed E-state index contributed by atoms with van der Waals surface area (Å²) in [6.45, 7) is 4.12. The summed E-state index contributed by atoms with van der Waals surface area (Å²) < 4.78 is 1.82. The van der Waals surface area contributed by atoms with Crippen molar-refractivity contribution in [1.29, 1.82) is 0 Å². The van der Waals surface area contributed by atoms with E-state index in [1.54, 1.807) is 6.20 Å². The number of nitrogens with two attached hydrogens (primary N) is 1. The molecule has 0 aliphatic carbocycles. The van der Waals surface area contributed by atoms with Gasteiger partial charge in [-0.2, -0.15) is 0 Å². The van der Waals surface area contributed by atoms with E-state index in [4.69, 9.17) is 5.73 Å². The van der Waals surface area contributed by atoms with Crippen molar-refractivity contribution in [2.24, 2.45) is 11.7 Å². The molecule has 0 radical (unpaired) electrons. The normalized spacial score (nSPS) is 13.7. The number of nitrogens with zero attached hydrogens (tertiary/aromatic N) is 4. The lowest BCUT2D eigenvalue weighted by molar-refractivity contribution is 0.486. The van der Waals surface area contributed by atoms with Crippen LogP contribution in [0.1, 0.15) is 25.7 Å². The van der Waals surface area contributed by atoms with E-state index < -0.39 is 0 Å². The van der Waals surface area contributed by atoms with Crippen LogP contribution in [0.15, 0.2) is 18.5 Å². The molecule has 0 aliphatic rings. The fourth-order valence-corrected chi connectivity index (χ4v) is 1.29. The quantitative estimate of drug-likeness (QED) is 0.761. The van der Waals surface area contributed by atoms with Crippen molar-refractivity contribution in [1.82, 2.24) is 19.6 Å². The van der Waals surface area contributed by atoms with E-state index in [1.807, 2.05) is 16.7 Å². The molecule has 2 aromatic heterocycles. The van der Waals surface area contributed by atoms with Crippen LogP contribution in [0.25, 0.3) is 5.78 Å². The van der Waals surface area contributed by atoms with E-state index in [0.29, 0.717) is 11.7 Å². The first kappa shape index (κ1) is 9.08. The maximum Gasteiger partial charge on any atom is 0.254 e. The Balaban J connectivity index is 2.53. The summed E-state index contributed by atoms with van der Waals surface area (Å²) in [5.41, 5.74) is 6.00. The van der Waals surface area contributed by atoms with Gasteiger partial charge < -0.3 is 5.73 Å². The van der Waals surface area contributed by atoms with Crippen LogP contribution in [0.4, 0.5) is 0 Å². The van der Waals surface area contributed by atoms with Gasteiger partial charge in [0.15, 0.2) is 5.82 Å². The predicted molar refractivity (Wildman–Crippen MR) is 52.5 cm³/mol. The summed E-state index contributed by atoms with van der Waals surface area (Å²) in [6.07, 6.45) is 3.56. The largest absolute Gasteiger partial charge is 0.321 e. The fourth-order valence-electron chi connectivity index (χ4n) is 1.29. The number of fused-ring (bicyclic) bond motifs is 1. The number of rotatable bonds is 2. The predicted octanol–water partition coefficient (Wildman–Crippen LogP) is 0.780. The van der Waals surface area contributed by atoms with Gasteiger partial charge >= 0.3 is 0 Å². The molecular weight excluding hydrogens is 178 g/mol. The Labute approximate surface area is 82.0 Å². The van der Waals surface area contributed by atoms with Crippen molar-refractivity contribution in [2.75, 3.05) is 0 Å². The summed E-state index contributed by atoms with van der Waals surface area (Å²) in [4.78, 5) is 4.08. The third-order valence-corrected chi connectivity index (χ3v) is 2.23. The Bertz CT molecular complexity index is 433. The van der Waals surface area contributed by atoms with Gasteiger partial charge in [-0.05, 0) is 12.0 Å². The molecule has 2 aromatic rings. The molecule has 0 fully saturated rings. The second-order valence-electron chi connectivity index (χ2n) is 3.62. The second-order valence-corrected chi connectivity index (χ2v) is 3.62. The van der Waals surface area contributed by atoms with Gasteiger partial charge in [0, 0.05) is 12.4 Å². The first-order valence-electron chi connectivity index (χ1n) is 4.61. The van der Waals surface area contributed by atoms with Crippen LogP contribution < -0.4 is 5.73 Å². The summed E-state index contributed by atoms with van der Waals surface area (Å²) in [5.74, 6) is 1.70. The summed E-state index contributed by atoms with van der Waals surface area (Å²) in [6, 6.07) is 1.74. The van der Waals surface area contributed by atoms with Gasteiger partial charge in [0.05, 0.1) is 6.04 Å². The highest BCUT2D eigenvalue weighted by molar-refractivity contribution is 5.27. The summed E-state index contributed by atoms with van der Waals surface area (Å²) >= 11 is 0. The molecular formula is C9H13N5. The molecule has 2 heterocycles. The van der Waals surface area contributed by atoms with Gasteiger partial charge in [-0.1, -0.05) is 13.8 Å². The molecule has 0 aromatic carbocycles. The molecule has 14 heavy (non-hydrogen) atoms. The number of hydrogen-bond donors (Lipinski definition) is 1. The van der Waals surface area contributed by atoms with Gasteiger partial charge in [-0.15, -0.1) is 10.2 Å². The van der Waals surface area contributed by atoms with Crippen LogP contribution in [0.2, 0.25) is 0 Å². The van der Waals surface area contributed by atoms with E-state index in [2.05, 4.69) is 29.0 Å². The monoisotopic (exact) mass is 191 g/mol. The lowest BCUT2D eigenvalue weighted by Crippen LogP contribution is -2.19. The minimum atomic E-state index is -0.103. The molecule has 0 aliphatic heterocycles. The molecule has 74 valence electrons. The third kappa shape index (κ3) is 1.35. The minimum Gasteiger partial charge on any atom is -0.321 e. The van der Waals surface area contributed by atoms with Gasteiger partial charge in [0.25, 0.3) is 5.78 Å². The number of aromatic nitrogens is 4. The molecule has 0 bridgehead atoms. The van der Waals surface area contributed by atoms with Crippen LogP contribution in [0.3, 0.4) is 0 Å². The van der Waals surface area contributed by atoms with Gasteiger partial charge in [-0.3, -0.25) is 4.40 Å². The standard InChI is InChI=1S/C9H13N5/c1-6(2)7(10)8-12-13-9-11-4-3-5-14(8)9/h3-7H,10H2,1-2H3. The first-order chi connectivity index (χ1) is 6.70. The van der Waals surface area contributed by atoms with Crippen LogP contribution >= 0.6 is 0 Å².